The molecule has 1 atom stereocenters. The molecule has 21 heavy (non-hydrogen) atoms. The van der Waals surface area contributed by atoms with Crippen molar-refractivity contribution >= 4 is 15.7 Å². The predicted octanol–water partition coefficient (Wildman–Crippen LogP) is 1.84. The molecule has 5 nitrogen and oxygen atoms in total. The number of anilines is 1. The van der Waals surface area contributed by atoms with Crippen molar-refractivity contribution in [2.24, 2.45) is 0 Å². The van der Waals surface area contributed by atoms with Gasteiger partial charge >= 0.3 is 0 Å². The Kier molecular flexibility index (Phi) is 4.19. The van der Waals surface area contributed by atoms with Crippen LogP contribution in [0.5, 0.6) is 0 Å². The average molecular weight is 310 g/mol. The maximum absolute atomic E-state index is 13.0. The molecular weight excluding hydrogens is 288 g/mol. The van der Waals surface area contributed by atoms with Crippen LogP contribution in [0.4, 0.5) is 5.69 Å². The predicted molar refractivity (Wildman–Crippen MR) is 82.0 cm³/mol. The third kappa shape index (κ3) is 2.93. The van der Waals surface area contributed by atoms with Gasteiger partial charge in [0, 0.05) is 31.9 Å². The van der Waals surface area contributed by atoms with Gasteiger partial charge in [0.2, 0.25) is 10.0 Å². The van der Waals surface area contributed by atoms with Crippen LogP contribution in [0.1, 0.15) is 25.3 Å². The summed E-state index contributed by atoms with van der Waals surface area (Å²) in [4.78, 5) is 0.460. The highest BCUT2D eigenvalue weighted by Crippen LogP contribution is 2.30. The Morgan fingerprint density at radius 3 is 3.05 bits per heavy atom. The van der Waals surface area contributed by atoms with Gasteiger partial charge in [0.1, 0.15) is 0 Å². The van der Waals surface area contributed by atoms with E-state index >= 15 is 0 Å². The lowest BCUT2D eigenvalue weighted by atomic mass is 10.0. The van der Waals surface area contributed by atoms with E-state index in [1.807, 2.05) is 19.1 Å². The monoisotopic (exact) mass is 310 g/mol. The van der Waals surface area contributed by atoms with Crippen molar-refractivity contribution in [2.45, 2.75) is 37.2 Å². The summed E-state index contributed by atoms with van der Waals surface area (Å²) in [6, 6.07) is 5.51. The van der Waals surface area contributed by atoms with Crippen LogP contribution in [0.25, 0.3) is 0 Å². The van der Waals surface area contributed by atoms with Gasteiger partial charge in [0.25, 0.3) is 0 Å². The number of sulfonamides is 1. The Balaban J connectivity index is 1.98. The summed E-state index contributed by atoms with van der Waals surface area (Å²) in [7, 11) is -3.45. The van der Waals surface area contributed by atoms with Crippen LogP contribution in [0.15, 0.2) is 23.1 Å². The molecule has 0 aromatic heterocycles. The minimum absolute atomic E-state index is 0.0556. The van der Waals surface area contributed by atoms with E-state index in [1.165, 1.54) is 0 Å². The number of hydrogen-bond donors (Lipinski definition) is 1. The molecule has 1 aromatic carbocycles. The Morgan fingerprint density at radius 2 is 2.19 bits per heavy atom. The summed E-state index contributed by atoms with van der Waals surface area (Å²) in [6.45, 7) is 4.42. The normalized spacial score (nSPS) is 24.0. The van der Waals surface area contributed by atoms with E-state index in [9.17, 15) is 8.42 Å². The fourth-order valence-corrected chi connectivity index (χ4v) is 4.86. The molecule has 2 aliphatic heterocycles. The van der Waals surface area contributed by atoms with E-state index in [2.05, 4.69) is 5.32 Å². The van der Waals surface area contributed by atoms with Gasteiger partial charge in [-0.3, -0.25) is 0 Å². The lowest BCUT2D eigenvalue weighted by Gasteiger charge is -2.26. The molecule has 0 radical (unpaired) electrons. The van der Waals surface area contributed by atoms with Crippen molar-refractivity contribution in [2.75, 3.05) is 31.6 Å². The van der Waals surface area contributed by atoms with Crippen LogP contribution in [0, 0.1) is 0 Å². The minimum atomic E-state index is -3.45. The number of nitrogens with one attached hydrogen (secondary N) is 1. The Labute approximate surface area is 126 Å². The van der Waals surface area contributed by atoms with Gasteiger partial charge in [0.05, 0.1) is 11.0 Å². The summed E-state index contributed by atoms with van der Waals surface area (Å²) in [5.74, 6) is 0. The number of rotatable bonds is 2. The Hall–Kier alpha value is -1.11. The molecule has 0 saturated carbocycles. The summed E-state index contributed by atoms with van der Waals surface area (Å²) >= 11 is 0. The lowest BCUT2D eigenvalue weighted by molar-refractivity contribution is 0.0752. The van der Waals surface area contributed by atoms with Gasteiger partial charge in [-0.2, -0.15) is 4.31 Å². The molecule has 1 N–H and O–H groups in total. The zero-order chi connectivity index (χ0) is 14.9. The van der Waals surface area contributed by atoms with E-state index in [0.717, 1.165) is 37.1 Å². The first-order valence-corrected chi connectivity index (χ1v) is 9.00. The molecule has 1 fully saturated rings. The van der Waals surface area contributed by atoms with Gasteiger partial charge in [0.15, 0.2) is 0 Å². The molecular formula is C15H22N2O3S. The van der Waals surface area contributed by atoms with Crippen LogP contribution in [0.3, 0.4) is 0 Å². The molecule has 1 saturated heterocycles. The van der Waals surface area contributed by atoms with Crippen molar-refractivity contribution in [3.05, 3.63) is 23.8 Å². The van der Waals surface area contributed by atoms with Gasteiger partial charge in [-0.05, 0) is 43.9 Å². The molecule has 2 heterocycles. The van der Waals surface area contributed by atoms with Gasteiger partial charge in [-0.25, -0.2) is 8.42 Å². The first kappa shape index (κ1) is 14.8. The first-order chi connectivity index (χ1) is 10.1. The summed E-state index contributed by atoms with van der Waals surface area (Å²) in [5, 5.41) is 3.29. The highest BCUT2D eigenvalue weighted by molar-refractivity contribution is 7.89. The van der Waals surface area contributed by atoms with E-state index in [-0.39, 0.29) is 6.10 Å². The van der Waals surface area contributed by atoms with Gasteiger partial charge in [-0.15, -0.1) is 0 Å². The fourth-order valence-electron chi connectivity index (χ4n) is 3.03. The van der Waals surface area contributed by atoms with E-state index in [4.69, 9.17) is 4.74 Å². The standard InChI is InChI=1S/C15H22N2O3S/c1-12-11-17(9-4-10-20-12)21(18,19)15-7-2-6-14-13(15)5-3-8-16-14/h2,6-7,12,16H,3-5,8-11H2,1H3. The Bertz CT molecular complexity index is 615. The van der Waals surface area contributed by atoms with Crippen LogP contribution >= 0.6 is 0 Å². The van der Waals surface area contributed by atoms with Crippen LogP contribution in [-0.4, -0.2) is 45.1 Å². The number of hydrogen-bond acceptors (Lipinski definition) is 4. The third-order valence-electron chi connectivity index (χ3n) is 4.08. The largest absolute Gasteiger partial charge is 0.385 e. The maximum Gasteiger partial charge on any atom is 0.243 e. The second kappa shape index (κ2) is 5.94. The molecule has 0 amide bonds. The second-order valence-electron chi connectivity index (χ2n) is 5.71. The van der Waals surface area contributed by atoms with Crippen molar-refractivity contribution in [3.63, 3.8) is 0 Å². The quantitative estimate of drug-likeness (QED) is 0.905. The number of ether oxygens (including phenoxy) is 1. The van der Waals surface area contributed by atoms with Gasteiger partial charge in [-0.1, -0.05) is 6.07 Å². The number of nitrogens with zero attached hydrogens (tertiary/aromatic N) is 1. The topological polar surface area (TPSA) is 58.6 Å². The first-order valence-electron chi connectivity index (χ1n) is 7.56. The highest BCUT2D eigenvalue weighted by Gasteiger charge is 2.30. The zero-order valence-electron chi connectivity index (χ0n) is 12.3. The molecule has 2 aliphatic rings. The third-order valence-corrected chi connectivity index (χ3v) is 6.03. The SMILES string of the molecule is CC1CN(S(=O)(=O)c2cccc3c2CCCN3)CCCO1. The second-order valence-corrected chi connectivity index (χ2v) is 7.62. The molecule has 0 bridgehead atoms. The molecule has 0 spiro atoms. The minimum Gasteiger partial charge on any atom is -0.385 e. The molecule has 1 aromatic rings. The molecule has 116 valence electrons. The van der Waals surface area contributed by atoms with Crippen LogP contribution in [0.2, 0.25) is 0 Å². The van der Waals surface area contributed by atoms with Crippen molar-refractivity contribution in [3.8, 4) is 0 Å². The number of fused-ring (bicyclic) bond motifs is 1. The van der Waals surface area contributed by atoms with Crippen molar-refractivity contribution in [1.82, 2.24) is 4.31 Å². The molecule has 1 unspecified atom stereocenters. The van der Waals surface area contributed by atoms with Crippen molar-refractivity contribution in [1.29, 1.82) is 0 Å². The van der Waals surface area contributed by atoms with Crippen molar-refractivity contribution < 1.29 is 13.2 Å². The summed E-state index contributed by atoms with van der Waals surface area (Å²) in [6.07, 6.45) is 2.48. The van der Waals surface area contributed by atoms with E-state index in [0.29, 0.717) is 24.6 Å². The van der Waals surface area contributed by atoms with Crippen LogP contribution in [-0.2, 0) is 21.2 Å². The summed E-state index contributed by atoms with van der Waals surface area (Å²) < 4.78 is 33.1. The highest BCUT2D eigenvalue weighted by atomic mass is 32.2. The fraction of sp³-hybridized carbons (Fsp3) is 0.600. The lowest BCUT2D eigenvalue weighted by Crippen LogP contribution is -2.36. The number of benzene rings is 1. The smallest absolute Gasteiger partial charge is 0.243 e. The van der Waals surface area contributed by atoms with Gasteiger partial charge < -0.3 is 10.1 Å². The molecule has 6 heteroatoms. The Morgan fingerprint density at radius 1 is 1.33 bits per heavy atom. The average Bonchev–Trinajstić information content (AvgIpc) is 2.71. The van der Waals surface area contributed by atoms with Crippen LogP contribution < -0.4 is 5.32 Å². The molecule has 0 aliphatic carbocycles. The summed E-state index contributed by atoms with van der Waals surface area (Å²) in [5.41, 5.74) is 1.89. The zero-order valence-corrected chi connectivity index (χ0v) is 13.2. The molecule has 3 rings (SSSR count). The van der Waals surface area contributed by atoms with E-state index in [1.54, 1.807) is 10.4 Å². The van der Waals surface area contributed by atoms with E-state index < -0.39 is 10.0 Å². The maximum atomic E-state index is 13.0.